The van der Waals surface area contributed by atoms with Gasteiger partial charge in [0.15, 0.2) is 0 Å². The standard InChI is InChI=1S/2C9H13N.2ClH/c1-7-4-5-9(10-3)8(2)6-7;1-7-4-5-8(2)9(6-7)10-3;;/h2*4-6,10H,1-3H3;2*1H. The number of benzene rings is 2. The van der Waals surface area contributed by atoms with Crippen molar-refractivity contribution in [3.05, 3.63) is 58.7 Å². The van der Waals surface area contributed by atoms with Crippen molar-refractivity contribution < 1.29 is 0 Å². The third kappa shape index (κ3) is 7.06. The Kier molecular flexibility index (Phi) is 11.7. The van der Waals surface area contributed by atoms with Crippen molar-refractivity contribution in [2.75, 3.05) is 24.7 Å². The molecule has 2 nitrogen and oxygen atoms in total. The Morgan fingerprint density at radius 2 is 1.09 bits per heavy atom. The van der Waals surface area contributed by atoms with Crippen molar-refractivity contribution in [1.29, 1.82) is 0 Å². The molecule has 0 aliphatic carbocycles. The molecule has 2 N–H and O–H groups in total. The van der Waals surface area contributed by atoms with Gasteiger partial charge >= 0.3 is 0 Å². The van der Waals surface area contributed by atoms with Crippen LogP contribution in [0.1, 0.15) is 22.3 Å². The molecule has 0 spiro atoms. The monoisotopic (exact) mass is 342 g/mol. The molecule has 0 aliphatic rings. The van der Waals surface area contributed by atoms with E-state index in [1.807, 2.05) is 14.1 Å². The predicted octanol–water partition coefficient (Wildman–Crippen LogP) is 5.53. The first-order chi connectivity index (χ1) is 9.47. The van der Waals surface area contributed by atoms with Crippen molar-refractivity contribution in [1.82, 2.24) is 0 Å². The van der Waals surface area contributed by atoms with E-state index in [0.29, 0.717) is 0 Å². The van der Waals surface area contributed by atoms with Gasteiger partial charge in [0.1, 0.15) is 0 Å². The molecule has 0 atom stereocenters. The van der Waals surface area contributed by atoms with E-state index in [1.165, 1.54) is 33.6 Å². The molecule has 0 aliphatic heterocycles. The second-order valence-electron chi connectivity index (χ2n) is 5.14. The average molecular weight is 343 g/mol. The van der Waals surface area contributed by atoms with E-state index >= 15 is 0 Å². The number of hydrogen-bond acceptors (Lipinski definition) is 2. The number of hydrogen-bond donors (Lipinski definition) is 2. The van der Waals surface area contributed by atoms with Crippen LogP contribution in [0.4, 0.5) is 11.4 Å². The lowest BCUT2D eigenvalue weighted by molar-refractivity contribution is 1.35. The maximum atomic E-state index is 3.14. The van der Waals surface area contributed by atoms with Gasteiger partial charge < -0.3 is 10.6 Å². The third-order valence-electron chi connectivity index (χ3n) is 3.31. The number of anilines is 2. The van der Waals surface area contributed by atoms with E-state index in [4.69, 9.17) is 0 Å². The Labute approximate surface area is 147 Å². The molecular formula is C18H28Cl2N2. The first kappa shape index (κ1) is 22.9. The highest BCUT2D eigenvalue weighted by atomic mass is 35.5. The largest absolute Gasteiger partial charge is 0.388 e. The lowest BCUT2D eigenvalue weighted by Gasteiger charge is -2.04. The van der Waals surface area contributed by atoms with Crippen LogP contribution in [-0.4, -0.2) is 14.1 Å². The van der Waals surface area contributed by atoms with Crippen LogP contribution in [0.5, 0.6) is 0 Å². The molecule has 2 aromatic rings. The van der Waals surface area contributed by atoms with E-state index in [2.05, 4.69) is 74.7 Å². The minimum absolute atomic E-state index is 0. The quantitative estimate of drug-likeness (QED) is 0.749. The topological polar surface area (TPSA) is 24.1 Å². The molecule has 2 rings (SSSR count). The number of aryl methyl sites for hydroxylation is 4. The summed E-state index contributed by atoms with van der Waals surface area (Å²) < 4.78 is 0. The van der Waals surface area contributed by atoms with Gasteiger partial charge in [-0.3, -0.25) is 0 Å². The second kappa shape index (κ2) is 11.2. The van der Waals surface area contributed by atoms with Gasteiger partial charge in [-0.15, -0.1) is 24.8 Å². The Bertz CT molecular complexity index is 569. The zero-order valence-corrected chi connectivity index (χ0v) is 15.9. The number of rotatable bonds is 2. The number of halogens is 2. The van der Waals surface area contributed by atoms with Gasteiger partial charge in [-0.05, 0) is 56.5 Å². The molecular weight excluding hydrogens is 315 g/mol. The molecule has 0 bridgehead atoms. The Morgan fingerprint density at radius 1 is 0.591 bits per heavy atom. The fourth-order valence-electron chi connectivity index (χ4n) is 2.10. The summed E-state index contributed by atoms with van der Waals surface area (Å²) >= 11 is 0. The van der Waals surface area contributed by atoms with Crippen molar-refractivity contribution in [2.24, 2.45) is 0 Å². The summed E-state index contributed by atoms with van der Waals surface area (Å²) in [6.07, 6.45) is 0. The lowest BCUT2D eigenvalue weighted by Crippen LogP contribution is -1.91. The van der Waals surface area contributed by atoms with Gasteiger partial charge in [0.05, 0.1) is 0 Å². The van der Waals surface area contributed by atoms with Crippen LogP contribution >= 0.6 is 24.8 Å². The minimum atomic E-state index is 0. The van der Waals surface area contributed by atoms with E-state index in [1.54, 1.807) is 0 Å². The Hall–Kier alpha value is -1.38. The van der Waals surface area contributed by atoms with Crippen LogP contribution in [-0.2, 0) is 0 Å². The van der Waals surface area contributed by atoms with Crippen molar-refractivity contribution >= 4 is 36.2 Å². The molecule has 0 radical (unpaired) electrons. The minimum Gasteiger partial charge on any atom is -0.388 e. The second-order valence-corrected chi connectivity index (χ2v) is 5.14. The maximum absolute atomic E-state index is 3.14. The van der Waals surface area contributed by atoms with Gasteiger partial charge in [-0.2, -0.15) is 0 Å². The fourth-order valence-corrected chi connectivity index (χ4v) is 2.10. The first-order valence-electron chi connectivity index (χ1n) is 6.98. The molecule has 0 saturated carbocycles. The zero-order valence-electron chi connectivity index (χ0n) is 14.3. The summed E-state index contributed by atoms with van der Waals surface area (Å²) in [5.74, 6) is 0. The third-order valence-corrected chi connectivity index (χ3v) is 3.31. The zero-order chi connectivity index (χ0) is 15.1. The van der Waals surface area contributed by atoms with Crippen LogP contribution in [0.3, 0.4) is 0 Å². The van der Waals surface area contributed by atoms with E-state index in [0.717, 1.165) is 0 Å². The normalized spacial score (nSPS) is 8.64. The molecule has 2 aromatic carbocycles. The molecule has 22 heavy (non-hydrogen) atoms. The Balaban J connectivity index is 0. The van der Waals surface area contributed by atoms with Crippen molar-refractivity contribution in [3.63, 3.8) is 0 Å². The summed E-state index contributed by atoms with van der Waals surface area (Å²) in [6, 6.07) is 12.8. The van der Waals surface area contributed by atoms with E-state index in [-0.39, 0.29) is 24.8 Å². The van der Waals surface area contributed by atoms with Gasteiger partial charge in [0.2, 0.25) is 0 Å². The molecule has 0 heterocycles. The molecule has 124 valence electrons. The summed E-state index contributed by atoms with van der Waals surface area (Å²) in [4.78, 5) is 0. The van der Waals surface area contributed by atoms with Gasteiger partial charge in [0, 0.05) is 25.5 Å². The van der Waals surface area contributed by atoms with Crippen molar-refractivity contribution in [2.45, 2.75) is 27.7 Å². The van der Waals surface area contributed by atoms with E-state index < -0.39 is 0 Å². The molecule has 0 unspecified atom stereocenters. The summed E-state index contributed by atoms with van der Waals surface area (Å²) in [5, 5.41) is 6.26. The predicted molar refractivity (Wildman–Crippen MR) is 105 cm³/mol. The Morgan fingerprint density at radius 3 is 1.55 bits per heavy atom. The fraction of sp³-hybridized carbons (Fsp3) is 0.333. The molecule has 4 heteroatoms. The first-order valence-corrected chi connectivity index (χ1v) is 6.98. The van der Waals surface area contributed by atoms with Crippen LogP contribution in [0.15, 0.2) is 36.4 Å². The van der Waals surface area contributed by atoms with E-state index in [9.17, 15) is 0 Å². The smallest absolute Gasteiger partial charge is 0.0369 e. The van der Waals surface area contributed by atoms with Crippen LogP contribution in [0.25, 0.3) is 0 Å². The molecule has 0 amide bonds. The summed E-state index contributed by atoms with van der Waals surface area (Å²) in [7, 11) is 3.89. The van der Waals surface area contributed by atoms with Crippen LogP contribution in [0, 0.1) is 27.7 Å². The average Bonchev–Trinajstić information content (AvgIpc) is 2.42. The molecule has 0 aromatic heterocycles. The number of nitrogens with one attached hydrogen (secondary N) is 2. The highest BCUT2D eigenvalue weighted by molar-refractivity contribution is 5.85. The van der Waals surface area contributed by atoms with Gasteiger partial charge in [-0.1, -0.05) is 29.8 Å². The lowest BCUT2D eigenvalue weighted by atomic mass is 10.1. The maximum Gasteiger partial charge on any atom is 0.0369 e. The molecule has 0 saturated heterocycles. The van der Waals surface area contributed by atoms with Crippen LogP contribution < -0.4 is 10.6 Å². The van der Waals surface area contributed by atoms with Gasteiger partial charge in [-0.25, -0.2) is 0 Å². The van der Waals surface area contributed by atoms with Crippen molar-refractivity contribution in [3.8, 4) is 0 Å². The summed E-state index contributed by atoms with van der Waals surface area (Å²) in [5.41, 5.74) is 7.66. The van der Waals surface area contributed by atoms with Crippen LogP contribution in [0.2, 0.25) is 0 Å². The molecule has 0 fully saturated rings. The SMILES string of the molecule is CNc1cc(C)ccc1C.CNc1ccc(C)cc1C.Cl.Cl. The highest BCUT2D eigenvalue weighted by Gasteiger charge is 1.93. The van der Waals surface area contributed by atoms with Gasteiger partial charge in [0.25, 0.3) is 0 Å². The summed E-state index contributed by atoms with van der Waals surface area (Å²) in [6.45, 7) is 8.41. The highest BCUT2D eigenvalue weighted by Crippen LogP contribution is 2.15.